The summed E-state index contributed by atoms with van der Waals surface area (Å²) in [6.07, 6.45) is 0. The van der Waals surface area contributed by atoms with Crippen molar-refractivity contribution in [2.45, 2.75) is 13.8 Å². The van der Waals surface area contributed by atoms with Crippen LogP contribution in [0.5, 0.6) is 0 Å². The highest BCUT2D eigenvalue weighted by atomic mass is 16.6. The fourth-order valence-corrected chi connectivity index (χ4v) is 1.76. The van der Waals surface area contributed by atoms with Crippen LogP contribution >= 0.6 is 0 Å². The van der Waals surface area contributed by atoms with Crippen molar-refractivity contribution < 1.29 is 4.63 Å². The third kappa shape index (κ3) is 1.95. The second-order valence-electron chi connectivity index (χ2n) is 4.22. The summed E-state index contributed by atoms with van der Waals surface area (Å²) < 4.78 is 4.51. The van der Waals surface area contributed by atoms with Crippen molar-refractivity contribution in [3.8, 4) is 0 Å². The first-order valence-corrected chi connectivity index (χ1v) is 5.71. The number of fused-ring (bicyclic) bond motifs is 1. The molecule has 0 aliphatic rings. The lowest BCUT2D eigenvalue weighted by Gasteiger charge is -2.09. The summed E-state index contributed by atoms with van der Waals surface area (Å²) in [5, 5.41) is 10.1. The molecule has 96 valence electrons. The predicted molar refractivity (Wildman–Crippen MR) is 69.4 cm³/mol. The van der Waals surface area contributed by atoms with Crippen molar-refractivity contribution in [3.63, 3.8) is 0 Å². The summed E-state index contributed by atoms with van der Waals surface area (Å²) in [6.45, 7) is 3.98. The quantitative estimate of drug-likeness (QED) is 0.724. The van der Waals surface area contributed by atoms with Crippen molar-refractivity contribution in [2.75, 3.05) is 5.32 Å². The summed E-state index contributed by atoms with van der Waals surface area (Å²) in [7, 11) is 0. The Kier molecular flexibility index (Phi) is 2.52. The smallest absolute Gasteiger partial charge is 0.292 e. The van der Waals surface area contributed by atoms with Crippen LogP contribution in [0.2, 0.25) is 0 Å². The second kappa shape index (κ2) is 4.20. The van der Waals surface area contributed by atoms with Gasteiger partial charge < -0.3 is 5.32 Å². The molecule has 0 aliphatic heterocycles. The van der Waals surface area contributed by atoms with Gasteiger partial charge in [-0.2, -0.15) is 4.98 Å². The first-order chi connectivity index (χ1) is 9.15. The Hall–Kier alpha value is -2.70. The Bertz CT molecular complexity index is 805. The molecule has 2 N–H and O–H groups in total. The van der Waals surface area contributed by atoms with Crippen LogP contribution in [0.3, 0.4) is 0 Å². The molecular formula is C12H11N5O2. The number of aryl methyl sites for hydroxylation is 1. The summed E-state index contributed by atoms with van der Waals surface area (Å²) in [6, 6.07) is 5.80. The monoisotopic (exact) mass is 257 g/mol. The molecule has 0 saturated carbocycles. The second-order valence-corrected chi connectivity index (χ2v) is 4.22. The summed E-state index contributed by atoms with van der Waals surface area (Å²) >= 11 is 0. The number of benzene rings is 1. The van der Waals surface area contributed by atoms with Gasteiger partial charge in [0.05, 0.1) is 0 Å². The van der Waals surface area contributed by atoms with Gasteiger partial charge in [0.15, 0.2) is 5.82 Å². The average molecular weight is 257 g/mol. The van der Waals surface area contributed by atoms with Crippen LogP contribution in [0, 0.1) is 13.8 Å². The van der Waals surface area contributed by atoms with Gasteiger partial charge in [-0.1, -0.05) is 12.1 Å². The highest BCUT2D eigenvalue weighted by Crippen LogP contribution is 2.20. The molecule has 0 radical (unpaired) electrons. The van der Waals surface area contributed by atoms with E-state index in [0.717, 1.165) is 16.8 Å². The molecule has 2 aromatic heterocycles. The molecule has 0 atom stereocenters. The minimum Gasteiger partial charge on any atom is -0.335 e. The van der Waals surface area contributed by atoms with Crippen LogP contribution in [0.15, 0.2) is 27.6 Å². The lowest BCUT2D eigenvalue weighted by atomic mass is 10.1. The van der Waals surface area contributed by atoms with E-state index in [4.69, 9.17) is 0 Å². The number of aromatic amines is 1. The van der Waals surface area contributed by atoms with Gasteiger partial charge in [-0.3, -0.25) is 9.78 Å². The molecule has 0 amide bonds. The minimum absolute atomic E-state index is 0.164. The summed E-state index contributed by atoms with van der Waals surface area (Å²) in [5.74, 6) is 0.164. The number of rotatable bonds is 2. The molecule has 3 aromatic rings. The van der Waals surface area contributed by atoms with Gasteiger partial charge in [0, 0.05) is 5.69 Å². The largest absolute Gasteiger partial charge is 0.335 e. The van der Waals surface area contributed by atoms with E-state index in [0.29, 0.717) is 0 Å². The molecule has 0 fully saturated rings. The van der Waals surface area contributed by atoms with Crippen molar-refractivity contribution in [1.29, 1.82) is 0 Å². The van der Waals surface area contributed by atoms with Gasteiger partial charge in [-0.15, -0.1) is 0 Å². The van der Waals surface area contributed by atoms with Gasteiger partial charge in [-0.05, 0) is 41.4 Å². The Morgan fingerprint density at radius 3 is 2.95 bits per heavy atom. The number of hydrogen-bond acceptors (Lipinski definition) is 6. The molecule has 0 unspecified atom stereocenters. The van der Waals surface area contributed by atoms with Gasteiger partial charge in [0.2, 0.25) is 11.3 Å². The lowest BCUT2D eigenvalue weighted by Crippen LogP contribution is -2.14. The molecule has 2 heterocycles. The van der Waals surface area contributed by atoms with Gasteiger partial charge >= 0.3 is 0 Å². The van der Waals surface area contributed by atoms with Crippen LogP contribution in [0.4, 0.5) is 11.5 Å². The maximum absolute atomic E-state index is 11.8. The number of anilines is 2. The van der Waals surface area contributed by atoms with E-state index in [-0.39, 0.29) is 22.7 Å². The van der Waals surface area contributed by atoms with Gasteiger partial charge in [0.1, 0.15) is 0 Å². The van der Waals surface area contributed by atoms with Crippen LogP contribution in [-0.4, -0.2) is 20.3 Å². The first kappa shape index (κ1) is 11.4. The van der Waals surface area contributed by atoms with Crippen molar-refractivity contribution in [2.24, 2.45) is 0 Å². The van der Waals surface area contributed by atoms with Crippen LogP contribution < -0.4 is 10.9 Å². The van der Waals surface area contributed by atoms with Gasteiger partial charge in [-0.25, -0.2) is 4.63 Å². The number of H-pyrrole nitrogens is 1. The third-order valence-corrected chi connectivity index (χ3v) is 2.99. The topological polar surface area (TPSA) is 96.7 Å². The lowest BCUT2D eigenvalue weighted by molar-refractivity contribution is 0.314. The van der Waals surface area contributed by atoms with Crippen molar-refractivity contribution in [3.05, 3.63) is 39.7 Å². The number of aromatic nitrogens is 4. The molecule has 1 aromatic carbocycles. The Balaban J connectivity index is 2.07. The van der Waals surface area contributed by atoms with E-state index >= 15 is 0 Å². The van der Waals surface area contributed by atoms with Crippen LogP contribution in [0.25, 0.3) is 11.3 Å². The minimum atomic E-state index is -0.371. The molecule has 0 spiro atoms. The predicted octanol–water partition coefficient (Wildman–Crippen LogP) is 1.67. The SMILES string of the molecule is Cc1cccc(Nc2nc3nonc3[nH]c2=O)c1C. The van der Waals surface area contributed by atoms with Crippen LogP contribution in [0.1, 0.15) is 11.1 Å². The maximum Gasteiger partial charge on any atom is 0.292 e. The molecule has 0 saturated heterocycles. The molecule has 19 heavy (non-hydrogen) atoms. The molecule has 7 nitrogen and oxygen atoms in total. The Labute approximate surface area is 107 Å². The fourth-order valence-electron chi connectivity index (χ4n) is 1.76. The normalized spacial score (nSPS) is 10.8. The molecule has 0 bridgehead atoms. The number of nitrogens with one attached hydrogen (secondary N) is 2. The Morgan fingerprint density at radius 1 is 1.26 bits per heavy atom. The van der Waals surface area contributed by atoms with Crippen molar-refractivity contribution in [1.82, 2.24) is 20.3 Å². The van der Waals surface area contributed by atoms with E-state index in [1.807, 2.05) is 32.0 Å². The van der Waals surface area contributed by atoms with E-state index in [1.165, 1.54) is 0 Å². The summed E-state index contributed by atoms with van der Waals surface area (Å²) in [4.78, 5) is 18.5. The van der Waals surface area contributed by atoms with E-state index in [9.17, 15) is 4.79 Å². The fraction of sp³-hybridized carbons (Fsp3) is 0.167. The molecular weight excluding hydrogens is 246 g/mol. The average Bonchev–Trinajstić information content (AvgIpc) is 2.82. The van der Waals surface area contributed by atoms with E-state index in [2.05, 4.69) is 30.2 Å². The highest BCUT2D eigenvalue weighted by molar-refractivity contribution is 5.68. The third-order valence-electron chi connectivity index (χ3n) is 2.99. The Morgan fingerprint density at radius 2 is 2.11 bits per heavy atom. The van der Waals surface area contributed by atoms with E-state index < -0.39 is 0 Å². The zero-order valence-electron chi connectivity index (χ0n) is 10.4. The highest BCUT2D eigenvalue weighted by Gasteiger charge is 2.10. The van der Waals surface area contributed by atoms with Crippen molar-refractivity contribution >= 4 is 22.8 Å². The zero-order chi connectivity index (χ0) is 13.4. The molecule has 0 aliphatic carbocycles. The maximum atomic E-state index is 11.8. The zero-order valence-corrected chi connectivity index (χ0v) is 10.4. The standard InChI is InChI=1S/C12H11N5O2/c1-6-4-3-5-8(7(6)2)13-11-12(18)15-10-9(14-11)16-19-17-10/h3-5H,1-2H3,(H,13,14,16)(H,15,17,18). The number of nitrogens with zero attached hydrogens (tertiary/aromatic N) is 3. The summed E-state index contributed by atoms with van der Waals surface area (Å²) in [5.41, 5.74) is 3.13. The molecule has 7 heteroatoms. The molecule has 3 rings (SSSR count). The van der Waals surface area contributed by atoms with E-state index in [1.54, 1.807) is 0 Å². The first-order valence-electron chi connectivity index (χ1n) is 5.71. The van der Waals surface area contributed by atoms with Crippen LogP contribution in [-0.2, 0) is 0 Å². The number of hydrogen-bond donors (Lipinski definition) is 2. The van der Waals surface area contributed by atoms with Gasteiger partial charge in [0.25, 0.3) is 5.56 Å².